The van der Waals surface area contributed by atoms with Crippen LogP contribution in [0.5, 0.6) is 0 Å². The Kier molecular flexibility index (Phi) is 5.66. The molecule has 33 heavy (non-hydrogen) atoms. The Morgan fingerprint density at radius 1 is 1.00 bits per heavy atom. The second-order valence-electron chi connectivity index (χ2n) is 12.9. The fourth-order valence-electron chi connectivity index (χ4n) is 9.27. The van der Waals surface area contributed by atoms with Gasteiger partial charge in [0, 0.05) is 0 Å². The molecule has 2 bridgehead atoms. The molecule has 7 nitrogen and oxygen atoms in total. The fourth-order valence-corrected chi connectivity index (χ4v) is 9.27. The molecule has 188 valence electrons. The Morgan fingerprint density at radius 2 is 1.70 bits per heavy atom. The zero-order valence-corrected chi connectivity index (χ0v) is 20.2. The van der Waals surface area contributed by atoms with Crippen LogP contribution in [0.2, 0.25) is 0 Å². The molecule has 5 rings (SSSR count). The van der Waals surface area contributed by atoms with Gasteiger partial charge in [-0.1, -0.05) is 27.4 Å². The molecule has 5 N–H and O–H groups in total. The quantitative estimate of drug-likeness (QED) is 0.318. The first kappa shape index (κ1) is 24.2. The molecule has 0 aromatic heterocycles. The van der Waals surface area contributed by atoms with Crippen LogP contribution in [0, 0.1) is 28.1 Å². The zero-order valence-electron chi connectivity index (χ0n) is 20.2. The summed E-state index contributed by atoms with van der Waals surface area (Å²) >= 11 is 0. The minimum atomic E-state index is -1.43. The highest BCUT2D eigenvalue weighted by atomic mass is 16.7. The van der Waals surface area contributed by atoms with Gasteiger partial charge in [0.1, 0.15) is 24.4 Å². The topological polar surface area (TPSA) is 120 Å². The van der Waals surface area contributed by atoms with Crippen molar-refractivity contribution in [2.45, 2.75) is 115 Å². The maximum absolute atomic E-state index is 11.2. The lowest BCUT2D eigenvalue weighted by atomic mass is 9.40. The molecule has 0 unspecified atom stereocenters. The third-order valence-electron chi connectivity index (χ3n) is 10.5. The van der Waals surface area contributed by atoms with E-state index in [-0.39, 0.29) is 22.3 Å². The van der Waals surface area contributed by atoms with Crippen molar-refractivity contribution in [3.05, 3.63) is 12.2 Å². The summed E-state index contributed by atoms with van der Waals surface area (Å²) in [7, 11) is 0. The monoisotopic (exact) mass is 466 g/mol. The first-order valence-electron chi connectivity index (χ1n) is 12.7. The number of hydrogen-bond acceptors (Lipinski definition) is 7. The summed E-state index contributed by atoms with van der Waals surface area (Å²) in [5.41, 5.74) is 0.463. The third kappa shape index (κ3) is 3.49. The smallest absolute Gasteiger partial charge is 0.186 e. The third-order valence-corrected chi connectivity index (χ3v) is 10.5. The molecular weight excluding hydrogens is 424 g/mol. The van der Waals surface area contributed by atoms with Crippen molar-refractivity contribution in [3.63, 3.8) is 0 Å². The Labute approximate surface area is 196 Å². The van der Waals surface area contributed by atoms with Crippen molar-refractivity contribution in [2.75, 3.05) is 6.61 Å². The average molecular weight is 467 g/mol. The van der Waals surface area contributed by atoms with Gasteiger partial charge in [0.05, 0.1) is 18.3 Å². The summed E-state index contributed by atoms with van der Waals surface area (Å²) in [5.74, 6) is 1.01. The lowest BCUT2D eigenvalue weighted by Gasteiger charge is -2.65. The van der Waals surface area contributed by atoms with E-state index in [1.165, 1.54) is 0 Å². The predicted molar refractivity (Wildman–Crippen MR) is 121 cm³/mol. The van der Waals surface area contributed by atoms with E-state index in [9.17, 15) is 25.5 Å². The summed E-state index contributed by atoms with van der Waals surface area (Å²) in [5, 5.41) is 51.6. The van der Waals surface area contributed by atoms with Gasteiger partial charge < -0.3 is 35.0 Å². The van der Waals surface area contributed by atoms with Crippen molar-refractivity contribution >= 4 is 0 Å². The number of fused-ring (bicyclic) bond motifs is 3. The molecule has 0 aromatic rings. The van der Waals surface area contributed by atoms with Crippen LogP contribution in [0.3, 0.4) is 0 Å². The molecule has 1 heterocycles. The first-order valence-corrected chi connectivity index (χ1v) is 12.7. The second-order valence-corrected chi connectivity index (χ2v) is 12.9. The molecule has 0 amide bonds. The van der Waals surface area contributed by atoms with Crippen LogP contribution >= 0.6 is 0 Å². The van der Waals surface area contributed by atoms with Crippen molar-refractivity contribution in [2.24, 2.45) is 28.1 Å². The van der Waals surface area contributed by atoms with Gasteiger partial charge in [0.2, 0.25) is 0 Å². The van der Waals surface area contributed by atoms with Gasteiger partial charge >= 0.3 is 0 Å². The normalized spacial score (nSPS) is 55.7. The molecule has 11 atom stereocenters. The van der Waals surface area contributed by atoms with Crippen LogP contribution in [0.25, 0.3) is 0 Å². The zero-order chi connectivity index (χ0) is 24.0. The molecule has 1 aliphatic heterocycles. The lowest BCUT2D eigenvalue weighted by Crippen LogP contribution is -2.62. The van der Waals surface area contributed by atoms with Gasteiger partial charge in [-0.2, -0.15) is 0 Å². The van der Waals surface area contributed by atoms with Crippen LogP contribution in [-0.2, 0) is 9.47 Å². The Hall–Kier alpha value is -0.540. The number of aliphatic hydroxyl groups excluding tert-OH is 4. The first-order chi connectivity index (χ1) is 15.4. The molecule has 1 spiro atoms. The number of ether oxygens (including phenoxy) is 2. The van der Waals surface area contributed by atoms with Gasteiger partial charge in [-0.25, -0.2) is 0 Å². The van der Waals surface area contributed by atoms with E-state index < -0.39 is 42.9 Å². The number of aliphatic hydroxyl groups is 5. The molecule has 0 aromatic carbocycles. The molecule has 0 radical (unpaired) electrons. The maximum atomic E-state index is 11.2. The highest BCUT2D eigenvalue weighted by Crippen LogP contribution is 2.73. The van der Waals surface area contributed by atoms with Crippen molar-refractivity contribution < 1.29 is 35.0 Å². The second kappa shape index (κ2) is 7.73. The van der Waals surface area contributed by atoms with E-state index in [4.69, 9.17) is 9.47 Å². The van der Waals surface area contributed by atoms with Crippen LogP contribution in [0.1, 0.15) is 72.1 Å². The Morgan fingerprint density at radius 3 is 2.39 bits per heavy atom. The van der Waals surface area contributed by atoms with Crippen LogP contribution in [0.4, 0.5) is 0 Å². The summed E-state index contributed by atoms with van der Waals surface area (Å²) < 4.78 is 12.0. The molecule has 4 aliphatic carbocycles. The largest absolute Gasteiger partial charge is 0.394 e. The fraction of sp³-hybridized carbons (Fsp3) is 0.923. The summed E-state index contributed by atoms with van der Waals surface area (Å²) in [6.45, 7) is 10.8. The van der Waals surface area contributed by atoms with Crippen molar-refractivity contribution in [1.29, 1.82) is 0 Å². The minimum absolute atomic E-state index is 0.0186. The van der Waals surface area contributed by atoms with E-state index in [2.05, 4.69) is 27.4 Å². The predicted octanol–water partition coefficient (Wildman–Crippen LogP) is 1.89. The van der Waals surface area contributed by atoms with Gasteiger partial charge in [-0.05, 0) is 85.0 Å². The molecule has 5 fully saturated rings. The molecule has 1 saturated heterocycles. The van der Waals surface area contributed by atoms with E-state index in [1.807, 2.05) is 0 Å². The maximum Gasteiger partial charge on any atom is 0.186 e. The summed E-state index contributed by atoms with van der Waals surface area (Å²) in [4.78, 5) is 0. The minimum Gasteiger partial charge on any atom is -0.394 e. The van der Waals surface area contributed by atoms with Gasteiger partial charge in [0.15, 0.2) is 6.29 Å². The molecule has 7 heteroatoms. The van der Waals surface area contributed by atoms with Crippen LogP contribution in [0.15, 0.2) is 12.2 Å². The van der Waals surface area contributed by atoms with E-state index >= 15 is 0 Å². The molecular formula is C26H42O7. The SMILES string of the molecule is C=C1C[C@]23CC[C@H]4C(C)(C)C[C@H](O[C@@H]5O[C@H](CO)[C@@H](O)[C@H](O)[C@H]5O)C[C@]4(C)[C@H]2CC[C@@]1(O)C3. The van der Waals surface area contributed by atoms with Gasteiger partial charge in [-0.15, -0.1) is 0 Å². The van der Waals surface area contributed by atoms with E-state index in [1.54, 1.807) is 0 Å². The number of hydrogen-bond donors (Lipinski definition) is 5. The highest BCUT2D eigenvalue weighted by Gasteiger charge is 2.67. The molecule has 5 aliphatic rings. The Balaban J connectivity index is 1.40. The average Bonchev–Trinajstić information content (AvgIpc) is 2.90. The highest BCUT2D eigenvalue weighted by molar-refractivity contribution is 5.29. The van der Waals surface area contributed by atoms with E-state index in [0.29, 0.717) is 11.8 Å². The van der Waals surface area contributed by atoms with Gasteiger partial charge in [-0.3, -0.25) is 0 Å². The van der Waals surface area contributed by atoms with Crippen molar-refractivity contribution in [1.82, 2.24) is 0 Å². The van der Waals surface area contributed by atoms with Gasteiger partial charge in [0.25, 0.3) is 0 Å². The molecule has 4 saturated carbocycles. The number of rotatable bonds is 3. The lowest BCUT2D eigenvalue weighted by molar-refractivity contribution is -0.322. The van der Waals surface area contributed by atoms with E-state index in [0.717, 1.165) is 56.9 Å². The van der Waals surface area contributed by atoms with Crippen LogP contribution in [-0.4, -0.2) is 74.6 Å². The van der Waals surface area contributed by atoms with Crippen molar-refractivity contribution in [3.8, 4) is 0 Å². The standard InChI is InChI=1S/C26H42O7/c1-14-9-25-7-5-17-23(2,3)10-15(11-24(17,4)18(25)6-8-26(14,31)13-25)32-22-21(30)20(29)19(28)16(12-27)33-22/h15-22,27-31H,1,5-13H2,2-4H3/t15-,16+,17-,18+,19+,20-,21+,22+,24-,25-,26+/m0/s1. The van der Waals surface area contributed by atoms with Crippen LogP contribution < -0.4 is 0 Å². The Bertz CT molecular complexity index is 798. The summed E-state index contributed by atoms with van der Waals surface area (Å²) in [6.07, 6.45) is 0.991. The summed E-state index contributed by atoms with van der Waals surface area (Å²) in [6, 6.07) is 0.